The van der Waals surface area contributed by atoms with Crippen molar-refractivity contribution >= 4 is 27.5 Å². The molecule has 28 heavy (non-hydrogen) atoms. The Balaban J connectivity index is 1.65. The average molecular weight is 442 g/mol. The monoisotopic (exact) mass is 441 g/mol. The number of nitrogens with zero attached hydrogens (tertiary/aromatic N) is 2. The van der Waals surface area contributed by atoms with Gasteiger partial charge in [-0.3, -0.25) is 9.48 Å². The van der Waals surface area contributed by atoms with E-state index in [0.717, 1.165) is 32.4 Å². The highest BCUT2D eigenvalue weighted by Crippen LogP contribution is 2.25. The third kappa shape index (κ3) is 4.88. The van der Waals surface area contributed by atoms with Gasteiger partial charge in [0.2, 0.25) is 0 Å². The standard InChI is InChI=1S/C22H24BrN3O2/c1-15-12-20(16(2)11-19(15)23)25-22(27)21-17(3)13-24-26(21)9-10-28-14-18-7-5-4-6-8-18/h4-8,11-13H,9-10,14H2,1-3H3,(H,25,27). The lowest BCUT2D eigenvalue weighted by Crippen LogP contribution is -2.21. The van der Waals surface area contributed by atoms with Gasteiger partial charge in [0, 0.05) is 10.2 Å². The quantitative estimate of drug-likeness (QED) is 0.522. The van der Waals surface area contributed by atoms with Crippen molar-refractivity contribution in [3.05, 3.63) is 81.1 Å². The molecule has 1 amide bonds. The predicted molar refractivity (Wildman–Crippen MR) is 115 cm³/mol. The molecule has 1 heterocycles. The average Bonchev–Trinajstić information content (AvgIpc) is 3.04. The fourth-order valence-electron chi connectivity index (χ4n) is 2.96. The first-order valence-electron chi connectivity index (χ1n) is 9.18. The number of ether oxygens (including phenoxy) is 1. The van der Waals surface area contributed by atoms with Crippen molar-refractivity contribution in [2.75, 3.05) is 11.9 Å². The summed E-state index contributed by atoms with van der Waals surface area (Å²) >= 11 is 3.52. The largest absolute Gasteiger partial charge is 0.375 e. The van der Waals surface area contributed by atoms with E-state index < -0.39 is 0 Å². The summed E-state index contributed by atoms with van der Waals surface area (Å²) in [5.74, 6) is -0.164. The summed E-state index contributed by atoms with van der Waals surface area (Å²) in [6, 6.07) is 14.0. The van der Waals surface area contributed by atoms with E-state index in [4.69, 9.17) is 4.74 Å². The zero-order valence-corrected chi connectivity index (χ0v) is 17.9. The maximum atomic E-state index is 12.9. The Bertz CT molecular complexity index is 967. The normalized spacial score (nSPS) is 10.9. The zero-order valence-electron chi connectivity index (χ0n) is 16.3. The summed E-state index contributed by atoms with van der Waals surface area (Å²) in [5.41, 5.74) is 5.40. The van der Waals surface area contributed by atoms with Gasteiger partial charge in [-0.1, -0.05) is 46.3 Å². The Labute approximate surface area is 173 Å². The molecule has 3 aromatic rings. The van der Waals surface area contributed by atoms with E-state index >= 15 is 0 Å². The molecule has 3 rings (SSSR count). The molecule has 0 atom stereocenters. The molecular weight excluding hydrogens is 418 g/mol. The first kappa shape index (κ1) is 20.3. The summed E-state index contributed by atoms with van der Waals surface area (Å²) in [4.78, 5) is 12.9. The van der Waals surface area contributed by atoms with Crippen molar-refractivity contribution in [1.29, 1.82) is 0 Å². The van der Waals surface area contributed by atoms with Crippen LogP contribution >= 0.6 is 15.9 Å². The van der Waals surface area contributed by atoms with Gasteiger partial charge in [0.1, 0.15) is 5.69 Å². The van der Waals surface area contributed by atoms with Gasteiger partial charge in [-0.05, 0) is 55.2 Å². The number of nitrogens with one attached hydrogen (secondary N) is 1. The molecule has 5 nitrogen and oxygen atoms in total. The minimum atomic E-state index is -0.164. The van der Waals surface area contributed by atoms with E-state index in [2.05, 4.69) is 26.3 Å². The second kappa shape index (κ2) is 9.17. The van der Waals surface area contributed by atoms with Crippen LogP contribution in [0.3, 0.4) is 0 Å². The molecule has 0 bridgehead atoms. The maximum absolute atomic E-state index is 12.9. The Morgan fingerprint density at radius 1 is 1.11 bits per heavy atom. The number of halogens is 1. The Kier molecular flexibility index (Phi) is 6.65. The third-order valence-electron chi connectivity index (χ3n) is 4.55. The molecule has 0 fully saturated rings. The van der Waals surface area contributed by atoms with E-state index in [9.17, 15) is 4.79 Å². The van der Waals surface area contributed by atoms with Crippen molar-refractivity contribution in [2.24, 2.45) is 0 Å². The lowest BCUT2D eigenvalue weighted by Gasteiger charge is -2.13. The van der Waals surface area contributed by atoms with Crippen LogP contribution in [0.5, 0.6) is 0 Å². The van der Waals surface area contributed by atoms with Gasteiger partial charge in [-0.2, -0.15) is 5.10 Å². The molecule has 1 aromatic heterocycles. The molecule has 1 N–H and O–H groups in total. The molecule has 6 heteroatoms. The lowest BCUT2D eigenvalue weighted by atomic mass is 10.1. The van der Waals surface area contributed by atoms with Crippen LogP contribution in [0, 0.1) is 20.8 Å². The Hall–Kier alpha value is -2.44. The van der Waals surface area contributed by atoms with Gasteiger partial charge in [0.25, 0.3) is 5.91 Å². The summed E-state index contributed by atoms with van der Waals surface area (Å²) < 4.78 is 8.47. The van der Waals surface area contributed by atoms with Crippen molar-refractivity contribution in [1.82, 2.24) is 9.78 Å². The molecule has 0 spiro atoms. The highest BCUT2D eigenvalue weighted by Gasteiger charge is 2.17. The maximum Gasteiger partial charge on any atom is 0.274 e. The Morgan fingerprint density at radius 2 is 1.86 bits per heavy atom. The van der Waals surface area contributed by atoms with Crippen LogP contribution in [0.25, 0.3) is 0 Å². The number of aryl methyl sites for hydroxylation is 3. The summed E-state index contributed by atoms with van der Waals surface area (Å²) in [7, 11) is 0. The Morgan fingerprint density at radius 3 is 2.61 bits per heavy atom. The second-order valence-corrected chi connectivity index (χ2v) is 7.66. The van der Waals surface area contributed by atoms with Crippen LogP contribution < -0.4 is 5.32 Å². The molecule has 0 saturated heterocycles. The van der Waals surface area contributed by atoms with E-state index in [0.29, 0.717) is 25.5 Å². The van der Waals surface area contributed by atoms with Gasteiger partial charge in [0.05, 0.1) is 26.0 Å². The van der Waals surface area contributed by atoms with Gasteiger partial charge in [0.15, 0.2) is 0 Å². The summed E-state index contributed by atoms with van der Waals surface area (Å²) in [6.45, 7) is 7.40. The number of benzene rings is 2. The van der Waals surface area contributed by atoms with Crippen LogP contribution in [-0.4, -0.2) is 22.3 Å². The molecule has 146 valence electrons. The van der Waals surface area contributed by atoms with Crippen LogP contribution in [0.2, 0.25) is 0 Å². The van der Waals surface area contributed by atoms with Crippen LogP contribution in [-0.2, 0) is 17.9 Å². The number of anilines is 1. The van der Waals surface area contributed by atoms with Crippen molar-refractivity contribution in [3.63, 3.8) is 0 Å². The minimum Gasteiger partial charge on any atom is -0.375 e. The lowest BCUT2D eigenvalue weighted by molar-refractivity contribution is 0.0986. The van der Waals surface area contributed by atoms with E-state index in [-0.39, 0.29) is 5.91 Å². The van der Waals surface area contributed by atoms with Crippen molar-refractivity contribution in [3.8, 4) is 0 Å². The number of aromatic nitrogens is 2. The molecule has 0 saturated carbocycles. The molecule has 0 unspecified atom stereocenters. The van der Waals surface area contributed by atoms with E-state index in [1.165, 1.54) is 0 Å². The van der Waals surface area contributed by atoms with Crippen molar-refractivity contribution in [2.45, 2.75) is 33.9 Å². The molecule has 0 aliphatic heterocycles. The molecule has 0 aliphatic carbocycles. The third-order valence-corrected chi connectivity index (χ3v) is 5.40. The van der Waals surface area contributed by atoms with Crippen LogP contribution in [0.4, 0.5) is 5.69 Å². The number of amides is 1. The number of carbonyl (C=O) groups is 1. The van der Waals surface area contributed by atoms with Crippen LogP contribution in [0.15, 0.2) is 53.1 Å². The number of hydrogen-bond acceptors (Lipinski definition) is 3. The topological polar surface area (TPSA) is 56.2 Å². The van der Waals surface area contributed by atoms with E-state index in [1.807, 2.05) is 63.2 Å². The molecule has 0 aliphatic rings. The second-order valence-electron chi connectivity index (χ2n) is 6.81. The zero-order chi connectivity index (χ0) is 20.1. The fourth-order valence-corrected chi connectivity index (χ4v) is 3.41. The van der Waals surface area contributed by atoms with Gasteiger partial charge in [-0.15, -0.1) is 0 Å². The van der Waals surface area contributed by atoms with Gasteiger partial charge >= 0.3 is 0 Å². The summed E-state index contributed by atoms with van der Waals surface area (Å²) in [6.07, 6.45) is 1.71. The molecule has 2 aromatic carbocycles. The smallest absolute Gasteiger partial charge is 0.274 e. The number of hydrogen-bond donors (Lipinski definition) is 1. The van der Waals surface area contributed by atoms with Crippen molar-refractivity contribution < 1.29 is 9.53 Å². The van der Waals surface area contributed by atoms with E-state index in [1.54, 1.807) is 10.9 Å². The highest BCUT2D eigenvalue weighted by molar-refractivity contribution is 9.10. The first-order chi connectivity index (χ1) is 13.5. The number of carbonyl (C=O) groups excluding carboxylic acids is 1. The van der Waals surface area contributed by atoms with Crippen LogP contribution in [0.1, 0.15) is 32.7 Å². The fraction of sp³-hybridized carbons (Fsp3) is 0.273. The van der Waals surface area contributed by atoms with Gasteiger partial charge < -0.3 is 10.1 Å². The first-order valence-corrected chi connectivity index (χ1v) is 9.97. The molecular formula is C22H24BrN3O2. The predicted octanol–water partition coefficient (Wildman–Crippen LogP) is 5.04. The van der Waals surface area contributed by atoms with Gasteiger partial charge in [-0.25, -0.2) is 0 Å². The SMILES string of the molecule is Cc1cc(NC(=O)c2c(C)cnn2CCOCc2ccccc2)c(C)cc1Br. The minimum absolute atomic E-state index is 0.164. The highest BCUT2D eigenvalue weighted by atomic mass is 79.9. The number of rotatable bonds is 7. The summed E-state index contributed by atoms with van der Waals surface area (Å²) in [5, 5.41) is 7.36. The molecule has 0 radical (unpaired) electrons.